The Bertz CT molecular complexity index is 787. The fourth-order valence-electron chi connectivity index (χ4n) is 2.66. The van der Waals surface area contributed by atoms with Gasteiger partial charge in [-0.2, -0.15) is 0 Å². The van der Waals surface area contributed by atoms with Gasteiger partial charge in [0.05, 0.1) is 20.3 Å². The summed E-state index contributed by atoms with van der Waals surface area (Å²) in [6, 6.07) is 13.7. The topological polar surface area (TPSA) is 73.3 Å². The van der Waals surface area contributed by atoms with Crippen molar-refractivity contribution >= 4 is 35.6 Å². The Morgan fingerprint density at radius 1 is 1.00 bits per heavy atom. The molecule has 0 aliphatic heterocycles. The second-order valence-corrected chi connectivity index (χ2v) is 6.19. The van der Waals surface area contributed by atoms with Crippen LogP contribution in [0.3, 0.4) is 0 Å². The minimum atomic E-state index is 0. The fourth-order valence-corrected chi connectivity index (χ4v) is 2.66. The van der Waals surface area contributed by atoms with Crippen LogP contribution in [0.15, 0.2) is 47.5 Å². The van der Waals surface area contributed by atoms with Crippen molar-refractivity contribution in [2.75, 3.05) is 46.4 Å². The number of ether oxygens (including phenoxy) is 4. The summed E-state index contributed by atoms with van der Waals surface area (Å²) in [4.78, 5) is 4.29. The summed E-state index contributed by atoms with van der Waals surface area (Å²) in [5.74, 6) is 2.89. The van der Waals surface area contributed by atoms with Gasteiger partial charge in [0.1, 0.15) is 5.75 Å². The van der Waals surface area contributed by atoms with E-state index in [1.54, 1.807) is 21.3 Å². The van der Waals surface area contributed by atoms with E-state index >= 15 is 0 Å². The number of hydrogen-bond acceptors (Lipinski definition) is 5. The first kappa shape index (κ1) is 25.8. The predicted octanol–water partition coefficient (Wildman–Crippen LogP) is 4.31. The molecule has 0 aliphatic carbocycles. The van der Waals surface area contributed by atoms with Crippen LogP contribution in [0.5, 0.6) is 17.2 Å². The minimum Gasteiger partial charge on any atom is -0.493 e. The van der Waals surface area contributed by atoms with Gasteiger partial charge in [0.2, 0.25) is 0 Å². The van der Waals surface area contributed by atoms with Gasteiger partial charge in [-0.3, -0.25) is 4.99 Å². The van der Waals surface area contributed by atoms with Crippen molar-refractivity contribution in [2.45, 2.75) is 19.9 Å². The van der Waals surface area contributed by atoms with Gasteiger partial charge >= 0.3 is 0 Å². The van der Waals surface area contributed by atoms with Crippen LogP contribution in [-0.4, -0.2) is 47.0 Å². The molecule has 0 saturated heterocycles. The summed E-state index contributed by atoms with van der Waals surface area (Å²) in [6.07, 6.45) is 0.862. The third-order valence-electron chi connectivity index (χ3n) is 4.07. The maximum absolute atomic E-state index is 5.76. The lowest BCUT2D eigenvalue weighted by Gasteiger charge is -2.15. The van der Waals surface area contributed by atoms with Crippen molar-refractivity contribution in [1.82, 2.24) is 5.32 Å². The van der Waals surface area contributed by atoms with E-state index in [0.29, 0.717) is 43.8 Å². The van der Waals surface area contributed by atoms with Crippen molar-refractivity contribution in [3.8, 4) is 17.2 Å². The van der Waals surface area contributed by atoms with Crippen molar-refractivity contribution in [1.29, 1.82) is 0 Å². The molecule has 0 bridgehead atoms. The van der Waals surface area contributed by atoms with Gasteiger partial charge in [-0.15, -0.1) is 24.0 Å². The number of guanidine groups is 1. The Balaban J connectivity index is 0.00000450. The lowest BCUT2D eigenvalue weighted by molar-refractivity contribution is 0.172. The van der Waals surface area contributed by atoms with Crippen molar-refractivity contribution in [2.24, 2.45) is 4.99 Å². The smallest absolute Gasteiger partial charge is 0.195 e. The Kier molecular flexibility index (Phi) is 12.7. The fraction of sp³-hybridized carbons (Fsp3) is 0.409. The van der Waals surface area contributed by atoms with Crippen LogP contribution in [0.4, 0.5) is 5.69 Å². The normalized spacial score (nSPS) is 10.7. The molecule has 0 atom stereocenters. The van der Waals surface area contributed by atoms with Crippen LogP contribution < -0.4 is 24.8 Å². The van der Waals surface area contributed by atoms with Crippen molar-refractivity contribution in [3.05, 3.63) is 48.0 Å². The highest BCUT2D eigenvalue weighted by Gasteiger charge is 2.07. The molecule has 166 valence electrons. The van der Waals surface area contributed by atoms with Crippen LogP contribution in [0.2, 0.25) is 0 Å². The molecule has 0 spiro atoms. The molecule has 0 fully saturated rings. The number of rotatable bonds is 11. The quantitative estimate of drug-likeness (QED) is 0.196. The third kappa shape index (κ3) is 8.66. The van der Waals surface area contributed by atoms with E-state index in [2.05, 4.69) is 15.6 Å². The average molecular weight is 529 g/mol. The first-order chi connectivity index (χ1) is 14.2. The maximum atomic E-state index is 5.76. The molecular formula is C22H32IN3O4. The van der Waals surface area contributed by atoms with Gasteiger partial charge in [-0.1, -0.05) is 12.1 Å². The van der Waals surface area contributed by atoms with Crippen LogP contribution >= 0.6 is 24.0 Å². The highest BCUT2D eigenvalue weighted by atomic mass is 127. The summed E-state index contributed by atoms with van der Waals surface area (Å²) in [5.41, 5.74) is 1.96. The summed E-state index contributed by atoms with van der Waals surface area (Å²) >= 11 is 0. The summed E-state index contributed by atoms with van der Waals surface area (Å²) < 4.78 is 21.7. The molecule has 0 aliphatic rings. The molecule has 0 radical (unpaired) electrons. The highest BCUT2D eigenvalue weighted by Crippen LogP contribution is 2.30. The maximum Gasteiger partial charge on any atom is 0.195 e. The van der Waals surface area contributed by atoms with E-state index in [9.17, 15) is 0 Å². The molecule has 0 aromatic heterocycles. The van der Waals surface area contributed by atoms with Gasteiger partial charge in [-0.25, -0.2) is 0 Å². The van der Waals surface area contributed by atoms with Gasteiger partial charge in [0.15, 0.2) is 17.5 Å². The largest absolute Gasteiger partial charge is 0.493 e. The van der Waals surface area contributed by atoms with Crippen LogP contribution in [0, 0.1) is 0 Å². The number of halogens is 1. The number of nitrogens with one attached hydrogen (secondary N) is 2. The van der Waals surface area contributed by atoms with Gasteiger partial charge < -0.3 is 29.6 Å². The van der Waals surface area contributed by atoms with E-state index in [1.165, 1.54) is 0 Å². The number of methoxy groups -OCH3 is 2. The first-order valence-corrected chi connectivity index (χ1v) is 9.69. The second-order valence-electron chi connectivity index (χ2n) is 6.19. The number of aliphatic imine (C=N–C) groups is 1. The zero-order valence-electron chi connectivity index (χ0n) is 18.1. The summed E-state index contributed by atoms with van der Waals surface area (Å²) in [5, 5.41) is 6.58. The van der Waals surface area contributed by atoms with Crippen LogP contribution in [-0.2, 0) is 11.3 Å². The SMILES string of the molecule is CCOc1cc(NC(=NC)NCc2cccc(OCCCOC)c2)ccc1OC.I. The second kappa shape index (κ2) is 14.7. The molecule has 30 heavy (non-hydrogen) atoms. The van der Waals surface area contributed by atoms with Crippen LogP contribution in [0.1, 0.15) is 18.9 Å². The molecule has 0 unspecified atom stereocenters. The van der Waals surface area contributed by atoms with E-state index in [-0.39, 0.29) is 24.0 Å². The van der Waals surface area contributed by atoms with Crippen molar-refractivity contribution < 1.29 is 18.9 Å². The lowest BCUT2D eigenvalue weighted by Crippen LogP contribution is -2.30. The predicted molar refractivity (Wildman–Crippen MR) is 132 cm³/mol. The molecule has 0 saturated carbocycles. The zero-order chi connectivity index (χ0) is 20.9. The van der Waals surface area contributed by atoms with E-state index < -0.39 is 0 Å². The Morgan fingerprint density at radius 3 is 2.53 bits per heavy atom. The molecule has 0 amide bonds. The number of benzene rings is 2. The van der Waals surface area contributed by atoms with E-state index in [1.807, 2.05) is 49.4 Å². The third-order valence-corrected chi connectivity index (χ3v) is 4.07. The highest BCUT2D eigenvalue weighted by molar-refractivity contribution is 14.0. The molecule has 0 heterocycles. The van der Waals surface area contributed by atoms with Crippen molar-refractivity contribution in [3.63, 3.8) is 0 Å². The molecular weight excluding hydrogens is 497 g/mol. The number of anilines is 1. The Labute approximate surface area is 196 Å². The van der Waals surface area contributed by atoms with Gasteiger partial charge in [0, 0.05) is 45.5 Å². The van der Waals surface area contributed by atoms with Gasteiger partial charge in [-0.05, 0) is 36.8 Å². The molecule has 2 aromatic rings. The minimum absolute atomic E-state index is 0. The lowest BCUT2D eigenvalue weighted by atomic mass is 10.2. The summed E-state index contributed by atoms with van der Waals surface area (Å²) in [6.45, 7) is 4.45. The molecule has 7 nitrogen and oxygen atoms in total. The summed E-state index contributed by atoms with van der Waals surface area (Å²) in [7, 11) is 5.05. The van der Waals surface area contributed by atoms with Crippen LogP contribution in [0.25, 0.3) is 0 Å². The number of hydrogen-bond donors (Lipinski definition) is 2. The molecule has 2 rings (SSSR count). The Morgan fingerprint density at radius 2 is 1.83 bits per heavy atom. The molecule has 8 heteroatoms. The molecule has 2 N–H and O–H groups in total. The van der Waals surface area contributed by atoms with E-state index in [4.69, 9.17) is 18.9 Å². The molecule has 2 aromatic carbocycles. The average Bonchev–Trinajstić information content (AvgIpc) is 2.75. The monoisotopic (exact) mass is 529 g/mol. The Hall–Kier alpha value is -2.20. The zero-order valence-corrected chi connectivity index (χ0v) is 20.4. The van der Waals surface area contributed by atoms with Gasteiger partial charge in [0.25, 0.3) is 0 Å². The number of nitrogens with zero attached hydrogens (tertiary/aromatic N) is 1. The van der Waals surface area contributed by atoms with E-state index in [0.717, 1.165) is 23.4 Å². The first-order valence-electron chi connectivity index (χ1n) is 9.69. The standard InChI is InChI=1S/C22H31N3O4.HI/c1-5-28-21-15-18(10-11-20(21)27-4)25-22(23-2)24-16-17-8-6-9-19(14-17)29-13-7-12-26-3;/h6,8-11,14-15H,5,7,12-13,16H2,1-4H3,(H2,23,24,25);1H.